The van der Waals surface area contributed by atoms with E-state index in [-0.39, 0.29) is 0 Å². The molecule has 2 saturated carbocycles. The Hall–Kier alpha value is -0.0800. The molecule has 0 amide bonds. The van der Waals surface area contributed by atoms with Gasteiger partial charge >= 0.3 is 0 Å². The van der Waals surface area contributed by atoms with Gasteiger partial charge < -0.3 is 10.2 Å². The van der Waals surface area contributed by atoms with E-state index < -0.39 is 0 Å². The molecule has 2 heteroatoms. The second kappa shape index (κ2) is 5.27. The van der Waals surface area contributed by atoms with Gasteiger partial charge in [0.15, 0.2) is 0 Å². The Morgan fingerprint density at radius 3 is 2.35 bits per heavy atom. The van der Waals surface area contributed by atoms with Gasteiger partial charge in [0.2, 0.25) is 0 Å². The number of rotatable bonds is 5. The highest BCUT2D eigenvalue weighted by molar-refractivity contribution is 4.93. The molecule has 1 saturated heterocycles. The molecule has 3 rings (SSSR count). The Morgan fingerprint density at radius 1 is 1.06 bits per heavy atom. The maximum absolute atomic E-state index is 3.68. The van der Waals surface area contributed by atoms with Gasteiger partial charge in [-0.05, 0) is 62.8 Å². The molecule has 2 aliphatic carbocycles. The van der Waals surface area contributed by atoms with Crippen molar-refractivity contribution in [3.05, 3.63) is 0 Å². The molecule has 0 aromatic heterocycles. The maximum atomic E-state index is 3.68. The average Bonchev–Trinajstić information content (AvgIpc) is 3.22. The molecule has 0 aromatic rings. The van der Waals surface area contributed by atoms with E-state index in [0.29, 0.717) is 0 Å². The third-order valence-corrected chi connectivity index (χ3v) is 5.07. The lowest BCUT2D eigenvalue weighted by atomic mass is 9.97. The SMILES string of the molecule is CCC1CCN(CC(C2CC2)C2CC2)CCN1. The Balaban J connectivity index is 1.49. The third-order valence-electron chi connectivity index (χ3n) is 5.07. The van der Waals surface area contributed by atoms with Crippen molar-refractivity contribution in [2.24, 2.45) is 17.8 Å². The summed E-state index contributed by atoms with van der Waals surface area (Å²) in [5, 5.41) is 3.68. The lowest BCUT2D eigenvalue weighted by molar-refractivity contribution is 0.212. The summed E-state index contributed by atoms with van der Waals surface area (Å²) < 4.78 is 0. The zero-order valence-corrected chi connectivity index (χ0v) is 11.3. The predicted molar refractivity (Wildman–Crippen MR) is 72.1 cm³/mol. The van der Waals surface area contributed by atoms with Gasteiger partial charge in [0.05, 0.1) is 0 Å². The topological polar surface area (TPSA) is 15.3 Å². The number of nitrogens with one attached hydrogen (secondary N) is 1. The quantitative estimate of drug-likeness (QED) is 0.789. The molecule has 1 N–H and O–H groups in total. The van der Waals surface area contributed by atoms with Crippen LogP contribution in [0.15, 0.2) is 0 Å². The van der Waals surface area contributed by atoms with Crippen LogP contribution in [0.3, 0.4) is 0 Å². The van der Waals surface area contributed by atoms with Gasteiger partial charge in [0.1, 0.15) is 0 Å². The van der Waals surface area contributed by atoms with Crippen molar-refractivity contribution in [2.45, 2.75) is 51.5 Å². The number of hydrogen-bond donors (Lipinski definition) is 1. The van der Waals surface area contributed by atoms with E-state index in [1.165, 1.54) is 64.7 Å². The molecule has 1 aliphatic heterocycles. The summed E-state index contributed by atoms with van der Waals surface area (Å²) in [6.45, 7) is 7.55. The summed E-state index contributed by atoms with van der Waals surface area (Å²) in [6, 6.07) is 0.778. The standard InChI is InChI=1S/C15H28N2/c1-2-14-7-9-17(10-8-16-14)11-15(12-3-4-12)13-5-6-13/h12-16H,2-11H2,1H3. The molecule has 1 atom stereocenters. The predicted octanol–water partition coefficient (Wildman–Crippen LogP) is 2.50. The minimum atomic E-state index is 0.778. The zero-order valence-electron chi connectivity index (χ0n) is 11.3. The first-order valence-electron chi connectivity index (χ1n) is 7.82. The van der Waals surface area contributed by atoms with Crippen LogP contribution < -0.4 is 5.32 Å². The van der Waals surface area contributed by atoms with Crippen molar-refractivity contribution in [1.82, 2.24) is 10.2 Å². The van der Waals surface area contributed by atoms with E-state index >= 15 is 0 Å². The summed E-state index contributed by atoms with van der Waals surface area (Å²) in [7, 11) is 0. The highest BCUT2D eigenvalue weighted by Crippen LogP contribution is 2.49. The molecular formula is C15H28N2. The molecule has 0 spiro atoms. The first-order chi connectivity index (χ1) is 8.36. The summed E-state index contributed by atoms with van der Waals surface area (Å²) in [5.41, 5.74) is 0. The molecule has 3 aliphatic rings. The van der Waals surface area contributed by atoms with Gasteiger partial charge in [0, 0.05) is 25.7 Å². The van der Waals surface area contributed by atoms with Crippen LogP contribution in [0.4, 0.5) is 0 Å². The summed E-state index contributed by atoms with van der Waals surface area (Å²) >= 11 is 0. The lowest BCUT2D eigenvalue weighted by Gasteiger charge is -2.26. The fourth-order valence-electron chi connectivity index (χ4n) is 3.54. The van der Waals surface area contributed by atoms with Crippen LogP contribution in [0.2, 0.25) is 0 Å². The molecule has 17 heavy (non-hydrogen) atoms. The van der Waals surface area contributed by atoms with Gasteiger partial charge in [-0.2, -0.15) is 0 Å². The van der Waals surface area contributed by atoms with Crippen LogP contribution in [-0.2, 0) is 0 Å². The molecular weight excluding hydrogens is 208 g/mol. The van der Waals surface area contributed by atoms with Crippen LogP contribution in [0.25, 0.3) is 0 Å². The number of nitrogens with zero attached hydrogens (tertiary/aromatic N) is 1. The highest BCUT2D eigenvalue weighted by atomic mass is 15.2. The minimum Gasteiger partial charge on any atom is -0.313 e. The van der Waals surface area contributed by atoms with Crippen molar-refractivity contribution in [2.75, 3.05) is 26.2 Å². The highest BCUT2D eigenvalue weighted by Gasteiger charge is 2.41. The van der Waals surface area contributed by atoms with E-state index in [4.69, 9.17) is 0 Å². The van der Waals surface area contributed by atoms with Gasteiger partial charge in [-0.15, -0.1) is 0 Å². The van der Waals surface area contributed by atoms with Gasteiger partial charge in [0.25, 0.3) is 0 Å². The normalized spacial score (nSPS) is 31.8. The van der Waals surface area contributed by atoms with Crippen LogP contribution in [0, 0.1) is 17.8 Å². The molecule has 1 unspecified atom stereocenters. The molecule has 3 fully saturated rings. The van der Waals surface area contributed by atoms with Crippen molar-refractivity contribution in [3.63, 3.8) is 0 Å². The lowest BCUT2D eigenvalue weighted by Crippen LogP contribution is -2.34. The Kier molecular flexibility index (Phi) is 3.72. The van der Waals surface area contributed by atoms with E-state index in [0.717, 1.165) is 23.8 Å². The Bertz CT molecular complexity index is 233. The first-order valence-corrected chi connectivity index (χ1v) is 7.82. The molecule has 0 bridgehead atoms. The van der Waals surface area contributed by atoms with Gasteiger partial charge in [-0.1, -0.05) is 6.92 Å². The molecule has 1 heterocycles. The van der Waals surface area contributed by atoms with Crippen molar-refractivity contribution in [1.29, 1.82) is 0 Å². The second-order valence-electron chi connectivity index (χ2n) is 6.49. The van der Waals surface area contributed by atoms with Crippen molar-refractivity contribution in [3.8, 4) is 0 Å². The van der Waals surface area contributed by atoms with Gasteiger partial charge in [-0.25, -0.2) is 0 Å². The van der Waals surface area contributed by atoms with Crippen LogP contribution in [-0.4, -0.2) is 37.1 Å². The largest absolute Gasteiger partial charge is 0.313 e. The summed E-state index contributed by atoms with van der Waals surface area (Å²) in [4.78, 5) is 2.75. The van der Waals surface area contributed by atoms with E-state index in [9.17, 15) is 0 Å². The van der Waals surface area contributed by atoms with E-state index in [1.807, 2.05) is 0 Å². The minimum absolute atomic E-state index is 0.778. The monoisotopic (exact) mass is 236 g/mol. The van der Waals surface area contributed by atoms with Gasteiger partial charge in [-0.3, -0.25) is 0 Å². The first kappa shape index (κ1) is 12.0. The summed E-state index contributed by atoms with van der Waals surface area (Å²) in [6.07, 6.45) is 8.78. The fraction of sp³-hybridized carbons (Fsp3) is 1.00. The Morgan fingerprint density at radius 2 is 1.76 bits per heavy atom. The third kappa shape index (κ3) is 3.23. The van der Waals surface area contributed by atoms with Crippen molar-refractivity contribution < 1.29 is 0 Å². The van der Waals surface area contributed by atoms with Crippen LogP contribution >= 0.6 is 0 Å². The van der Waals surface area contributed by atoms with E-state index in [2.05, 4.69) is 17.1 Å². The Labute approximate surface area is 106 Å². The van der Waals surface area contributed by atoms with E-state index in [1.54, 1.807) is 0 Å². The molecule has 0 radical (unpaired) electrons. The molecule has 0 aromatic carbocycles. The average molecular weight is 236 g/mol. The molecule has 98 valence electrons. The van der Waals surface area contributed by atoms with Crippen LogP contribution in [0.1, 0.15) is 45.4 Å². The maximum Gasteiger partial charge on any atom is 0.0107 e. The smallest absolute Gasteiger partial charge is 0.0107 e. The zero-order chi connectivity index (χ0) is 11.7. The van der Waals surface area contributed by atoms with Crippen molar-refractivity contribution >= 4 is 0 Å². The molecule has 2 nitrogen and oxygen atoms in total. The van der Waals surface area contributed by atoms with Crippen LogP contribution in [0.5, 0.6) is 0 Å². The number of hydrogen-bond acceptors (Lipinski definition) is 2. The summed E-state index contributed by atoms with van der Waals surface area (Å²) in [5.74, 6) is 3.29. The fourth-order valence-corrected chi connectivity index (χ4v) is 3.54. The second-order valence-corrected chi connectivity index (χ2v) is 6.49.